The molecular formula is C18H16FN3. The lowest BCUT2D eigenvalue weighted by atomic mass is 10.2. The first-order chi connectivity index (χ1) is 10.8. The summed E-state index contributed by atoms with van der Waals surface area (Å²) in [7, 11) is 0. The van der Waals surface area contributed by atoms with Crippen LogP contribution < -0.4 is 10.6 Å². The van der Waals surface area contributed by atoms with Crippen molar-refractivity contribution in [2.75, 3.05) is 10.6 Å². The van der Waals surface area contributed by atoms with Crippen molar-refractivity contribution in [3.8, 4) is 0 Å². The number of para-hydroxylation sites is 1. The predicted octanol–water partition coefficient (Wildman–Crippen LogP) is 4.58. The molecular weight excluding hydrogens is 277 g/mol. The van der Waals surface area contributed by atoms with Crippen molar-refractivity contribution in [1.29, 1.82) is 0 Å². The van der Waals surface area contributed by atoms with Gasteiger partial charge in [-0.3, -0.25) is 0 Å². The van der Waals surface area contributed by atoms with Crippen LogP contribution in [-0.4, -0.2) is 4.98 Å². The van der Waals surface area contributed by atoms with Gasteiger partial charge >= 0.3 is 0 Å². The zero-order valence-electron chi connectivity index (χ0n) is 12.0. The Bertz CT molecular complexity index is 744. The highest BCUT2D eigenvalue weighted by molar-refractivity contribution is 5.60. The number of halogens is 1. The van der Waals surface area contributed by atoms with Crippen LogP contribution in [0.5, 0.6) is 0 Å². The third-order valence-electron chi connectivity index (χ3n) is 3.19. The van der Waals surface area contributed by atoms with E-state index < -0.39 is 0 Å². The Morgan fingerprint density at radius 3 is 2.55 bits per heavy atom. The molecule has 0 amide bonds. The molecule has 0 spiro atoms. The molecule has 22 heavy (non-hydrogen) atoms. The summed E-state index contributed by atoms with van der Waals surface area (Å²) < 4.78 is 13.2. The van der Waals surface area contributed by atoms with Crippen LogP contribution in [0.15, 0.2) is 72.9 Å². The van der Waals surface area contributed by atoms with Gasteiger partial charge in [-0.2, -0.15) is 0 Å². The number of benzene rings is 2. The molecule has 110 valence electrons. The van der Waals surface area contributed by atoms with Gasteiger partial charge in [-0.1, -0.05) is 30.3 Å². The lowest BCUT2D eigenvalue weighted by Crippen LogP contribution is -2.01. The highest BCUT2D eigenvalue weighted by Crippen LogP contribution is 2.18. The van der Waals surface area contributed by atoms with Crippen molar-refractivity contribution >= 4 is 17.2 Å². The largest absolute Gasteiger partial charge is 0.381 e. The number of nitrogens with one attached hydrogen (secondary N) is 2. The van der Waals surface area contributed by atoms with Gasteiger partial charge in [0.2, 0.25) is 0 Å². The number of nitrogens with zero attached hydrogens (tertiary/aromatic N) is 1. The van der Waals surface area contributed by atoms with Gasteiger partial charge in [0.1, 0.15) is 11.6 Å². The summed E-state index contributed by atoms with van der Waals surface area (Å²) >= 11 is 0. The Morgan fingerprint density at radius 1 is 0.864 bits per heavy atom. The summed E-state index contributed by atoms with van der Waals surface area (Å²) in [5.74, 6) is 0.538. The van der Waals surface area contributed by atoms with Gasteiger partial charge in [-0.25, -0.2) is 9.37 Å². The standard InChI is InChI=1S/C18H16FN3/c19-15-6-4-5-14(11-15)13-21-17-9-10-20-18(12-17)22-16-7-2-1-3-8-16/h1-12H,13H2,(H2,20,21,22). The van der Waals surface area contributed by atoms with Gasteiger partial charge in [0.25, 0.3) is 0 Å². The Labute approximate surface area is 128 Å². The molecule has 0 aliphatic rings. The van der Waals surface area contributed by atoms with Crippen molar-refractivity contribution < 1.29 is 4.39 Å². The Kier molecular flexibility index (Phi) is 4.30. The van der Waals surface area contributed by atoms with Crippen LogP contribution in [0.1, 0.15) is 5.56 Å². The second kappa shape index (κ2) is 6.72. The fourth-order valence-electron chi connectivity index (χ4n) is 2.13. The quantitative estimate of drug-likeness (QED) is 0.723. The number of aromatic nitrogens is 1. The van der Waals surface area contributed by atoms with Crippen molar-refractivity contribution in [2.24, 2.45) is 0 Å². The number of hydrogen-bond acceptors (Lipinski definition) is 3. The lowest BCUT2D eigenvalue weighted by Gasteiger charge is -2.09. The first kappa shape index (κ1) is 14.1. The molecule has 0 atom stereocenters. The van der Waals surface area contributed by atoms with Crippen LogP contribution in [0, 0.1) is 5.82 Å². The van der Waals surface area contributed by atoms with E-state index in [9.17, 15) is 4.39 Å². The van der Waals surface area contributed by atoms with E-state index in [0.717, 1.165) is 22.8 Å². The van der Waals surface area contributed by atoms with Crippen molar-refractivity contribution in [1.82, 2.24) is 4.98 Å². The van der Waals surface area contributed by atoms with E-state index >= 15 is 0 Å². The molecule has 0 aliphatic heterocycles. The summed E-state index contributed by atoms with van der Waals surface area (Å²) in [6.07, 6.45) is 1.74. The number of anilines is 3. The molecule has 0 radical (unpaired) electrons. The van der Waals surface area contributed by atoms with E-state index in [1.807, 2.05) is 48.5 Å². The first-order valence-electron chi connectivity index (χ1n) is 7.06. The predicted molar refractivity (Wildman–Crippen MR) is 87.7 cm³/mol. The first-order valence-corrected chi connectivity index (χ1v) is 7.06. The zero-order chi connectivity index (χ0) is 15.2. The maximum absolute atomic E-state index is 13.2. The van der Waals surface area contributed by atoms with E-state index in [1.54, 1.807) is 12.3 Å². The molecule has 3 nitrogen and oxygen atoms in total. The summed E-state index contributed by atoms with van der Waals surface area (Å²) in [6, 6.07) is 20.2. The molecule has 1 heterocycles. The third kappa shape index (κ3) is 3.82. The molecule has 0 aliphatic carbocycles. The van der Waals surface area contributed by atoms with Crippen LogP contribution in [0.25, 0.3) is 0 Å². The average Bonchev–Trinajstić information content (AvgIpc) is 2.54. The van der Waals surface area contributed by atoms with E-state index in [2.05, 4.69) is 15.6 Å². The van der Waals surface area contributed by atoms with Gasteiger partial charge in [-0.05, 0) is 35.9 Å². The van der Waals surface area contributed by atoms with Gasteiger partial charge in [0, 0.05) is 30.2 Å². The molecule has 0 unspecified atom stereocenters. The molecule has 0 fully saturated rings. The van der Waals surface area contributed by atoms with Gasteiger partial charge < -0.3 is 10.6 Å². The fourth-order valence-corrected chi connectivity index (χ4v) is 2.13. The molecule has 0 bridgehead atoms. The van der Waals surface area contributed by atoms with Gasteiger partial charge in [0.05, 0.1) is 0 Å². The molecule has 0 saturated heterocycles. The molecule has 3 rings (SSSR count). The average molecular weight is 293 g/mol. The second-order valence-corrected chi connectivity index (χ2v) is 4.90. The van der Waals surface area contributed by atoms with Crippen LogP contribution in [0.4, 0.5) is 21.6 Å². The van der Waals surface area contributed by atoms with E-state index in [1.165, 1.54) is 12.1 Å². The zero-order valence-corrected chi connectivity index (χ0v) is 12.0. The number of pyridine rings is 1. The fraction of sp³-hybridized carbons (Fsp3) is 0.0556. The minimum Gasteiger partial charge on any atom is -0.381 e. The normalized spacial score (nSPS) is 10.2. The smallest absolute Gasteiger partial charge is 0.132 e. The van der Waals surface area contributed by atoms with Gasteiger partial charge in [0.15, 0.2) is 0 Å². The van der Waals surface area contributed by atoms with E-state index in [-0.39, 0.29) is 5.82 Å². The van der Waals surface area contributed by atoms with Crippen LogP contribution in [0.3, 0.4) is 0 Å². The maximum atomic E-state index is 13.2. The summed E-state index contributed by atoms with van der Waals surface area (Å²) in [4.78, 5) is 4.29. The third-order valence-corrected chi connectivity index (χ3v) is 3.19. The Balaban J connectivity index is 1.66. The highest BCUT2D eigenvalue weighted by atomic mass is 19.1. The minimum absolute atomic E-state index is 0.222. The molecule has 2 aromatic carbocycles. The summed E-state index contributed by atoms with van der Waals surface area (Å²) in [5, 5.41) is 6.51. The van der Waals surface area contributed by atoms with E-state index in [4.69, 9.17) is 0 Å². The lowest BCUT2D eigenvalue weighted by molar-refractivity contribution is 0.626. The second-order valence-electron chi connectivity index (χ2n) is 4.90. The molecule has 1 aromatic heterocycles. The number of hydrogen-bond donors (Lipinski definition) is 2. The SMILES string of the molecule is Fc1cccc(CNc2ccnc(Nc3ccccc3)c2)c1. The Morgan fingerprint density at radius 2 is 1.73 bits per heavy atom. The molecule has 0 saturated carbocycles. The van der Waals surface area contributed by atoms with Gasteiger partial charge in [-0.15, -0.1) is 0 Å². The minimum atomic E-state index is -0.222. The summed E-state index contributed by atoms with van der Waals surface area (Å²) in [5.41, 5.74) is 2.81. The molecule has 4 heteroatoms. The molecule has 3 aromatic rings. The van der Waals surface area contributed by atoms with Crippen LogP contribution in [0.2, 0.25) is 0 Å². The van der Waals surface area contributed by atoms with Crippen molar-refractivity contribution in [2.45, 2.75) is 6.54 Å². The topological polar surface area (TPSA) is 37.0 Å². The van der Waals surface area contributed by atoms with Crippen LogP contribution >= 0.6 is 0 Å². The Hall–Kier alpha value is -2.88. The maximum Gasteiger partial charge on any atom is 0.132 e. The van der Waals surface area contributed by atoms with E-state index in [0.29, 0.717) is 6.54 Å². The monoisotopic (exact) mass is 293 g/mol. The molecule has 2 N–H and O–H groups in total. The van der Waals surface area contributed by atoms with Crippen molar-refractivity contribution in [3.63, 3.8) is 0 Å². The van der Waals surface area contributed by atoms with Crippen LogP contribution in [-0.2, 0) is 6.54 Å². The summed E-state index contributed by atoms with van der Waals surface area (Å²) in [6.45, 7) is 0.562. The highest BCUT2D eigenvalue weighted by Gasteiger charge is 1.99. The number of rotatable bonds is 5. The van der Waals surface area contributed by atoms with Crippen molar-refractivity contribution in [3.05, 3.63) is 84.3 Å².